The predicted octanol–water partition coefficient (Wildman–Crippen LogP) is 2.92. The fraction of sp³-hybridized carbons (Fsp3) is 0.375. The first kappa shape index (κ1) is 20.1. The number of benzene rings is 2. The van der Waals surface area contributed by atoms with E-state index in [1.165, 1.54) is 0 Å². The molecule has 0 aromatic heterocycles. The maximum atomic E-state index is 12.3. The first-order valence-electron chi connectivity index (χ1n) is 10.5. The van der Waals surface area contributed by atoms with E-state index in [0.29, 0.717) is 25.2 Å². The zero-order chi connectivity index (χ0) is 21.1. The van der Waals surface area contributed by atoms with E-state index >= 15 is 0 Å². The van der Waals surface area contributed by atoms with Crippen molar-refractivity contribution in [2.75, 3.05) is 5.32 Å². The normalized spacial score (nSPS) is 20.9. The molecule has 3 atom stereocenters. The van der Waals surface area contributed by atoms with Gasteiger partial charge in [0.25, 0.3) is 0 Å². The van der Waals surface area contributed by atoms with Crippen LogP contribution >= 0.6 is 0 Å². The molecule has 0 bridgehead atoms. The number of anilines is 1. The third-order valence-corrected chi connectivity index (χ3v) is 6.01. The lowest BCUT2D eigenvalue weighted by atomic mass is 9.99. The number of amides is 2. The first-order chi connectivity index (χ1) is 14.5. The van der Waals surface area contributed by atoms with Crippen molar-refractivity contribution >= 4 is 17.5 Å². The Morgan fingerprint density at radius 1 is 1.20 bits per heavy atom. The van der Waals surface area contributed by atoms with Gasteiger partial charge in [0.05, 0.1) is 12.5 Å². The minimum atomic E-state index is -0.548. The van der Waals surface area contributed by atoms with Crippen molar-refractivity contribution in [1.82, 2.24) is 5.32 Å². The Bertz CT molecular complexity index is 993. The van der Waals surface area contributed by atoms with Crippen LogP contribution in [-0.2, 0) is 22.4 Å². The van der Waals surface area contributed by atoms with Gasteiger partial charge in [0, 0.05) is 24.6 Å². The van der Waals surface area contributed by atoms with Gasteiger partial charge in [-0.15, -0.1) is 0 Å². The fourth-order valence-corrected chi connectivity index (χ4v) is 4.41. The Hall–Kier alpha value is -3.17. The summed E-state index contributed by atoms with van der Waals surface area (Å²) in [6, 6.07) is 15.8. The molecule has 1 aliphatic heterocycles. The van der Waals surface area contributed by atoms with E-state index < -0.39 is 6.04 Å². The summed E-state index contributed by atoms with van der Waals surface area (Å²) in [5.74, 6) is 0.283. The number of nitrogens with two attached hydrogens (primary N) is 1. The summed E-state index contributed by atoms with van der Waals surface area (Å²) < 4.78 is 0. The Labute approximate surface area is 176 Å². The smallest absolute Gasteiger partial charge is 0.228 e. The van der Waals surface area contributed by atoms with Crippen LogP contribution in [0.5, 0.6) is 0 Å². The second-order valence-corrected chi connectivity index (χ2v) is 8.39. The number of carbonyl (C=O) groups excluding carboxylic acids is 2. The van der Waals surface area contributed by atoms with Crippen LogP contribution in [0.3, 0.4) is 0 Å². The van der Waals surface area contributed by atoms with E-state index in [2.05, 4.69) is 16.7 Å². The molecule has 1 heterocycles. The van der Waals surface area contributed by atoms with Crippen molar-refractivity contribution in [3.8, 4) is 17.2 Å². The lowest BCUT2D eigenvalue weighted by Crippen LogP contribution is -2.36. The number of nitriles is 1. The highest BCUT2D eigenvalue weighted by molar-refractivity contribution is 5.99. The molecule has 1 fully saturated rings. The van der Waals surface area contributed by atoms with Crippen LogP contribution in [0.4, 0.5) is 5.69 Å². The zero-order valence-electron chi connectivity index (χ0n) is 16.9. The van der Waals surface area contributed by atoms with E-state index in [0.717, 1.165) is 47.2 Å². The highest BCUT2D eigenvalue weighted by Crippen LogP contribution is 2.30. The number of carbonyl (C=O) groups is 2. The van der Waals surface area contributed by atoms with Crippen molar-refractivity contribution in [3.05, 3.63) is 53.6 Å². The lowest BCUT2D eigenvalue weighted by Gasteiger charge is -2.14. The van der Waals surface area contributed by atoms with Gasteiger partial charge in [0.2, 0.25) is 11.8 Å². The van der Waals surface area contributed by atoms with Gasteiger partial charge >= 0.3 is 0 Å². The summed E-state index contributed by atoms with van der Waals surface area (Å²) in [4.78, 5) is 23.8. The summed E-state index contributed by atoms with van der Waals surface area (Å²) in [5, 5.41) is 15.2. The van der Waals surface area contributed by atoms with Crippen molar-refractivity contribution in [2.45, 2.75) is 50.6 Å². The van der Waals surface area contributed by atoms with Crippen molar-refractivity contribution in [1.29, 1.82) is 5.26 Å². The number of nitrogens with one attached hydrogen (secondary N) is 2. The van der Waals surface area contributed by atoms with Crippen molar-refractivity contribution in [2.24, 2.45) is 11.7 Å². The van der Waals surface area contributed by atoms with Crippen LogP contribution in [0, 0.1) is 17.2 Å². The maximum absolute atomic E-state index is 12.3. The number of rotatable bonds is 6. The molecule has 0 saturated heterocycles. The minimum absolute atomic E-state index is 0.0258. The van der Waals surface area contributed by atoms with Gasteiger partial charge in [-0.25, -0.2) is 0 Å². The highest BCUT2D eigenvalue weighted by Gasteiger charge is 2.25. The summed E-state index contributed by atoms with van der Waals surface area (Å²) in [6.07, 6.45) is 4.19. The van der Waals surface area contributed by atoms with Crippen LogP contribution in [0.15, 0.2) is 42.5 Å². The molecular weight excluding hydrogens is 376 g/mol. The summed E-state index contributed by atoms with van der Waals surface area (Å²) in [5.41, 5.74) is 10.9. The standard InChI is InChI=1S/C24H26N4O2/c25-14-21(27-23(29)11-16-3-8-20(26)9-16)10-15-1-4-17(5-2-15)18-6-7-19-13-24(30)28-22(19)12-18/h1-2,4-7,12,16,20-21H,3,8-11,13,26H2,(H,27,29)(H,28,30)/t16-,20+,21?/m0/s1. The largest absolute Gasteiger partial charge is 0.340 e. The van der Waals surface area contributed by atoms with Crippen LogP contribution in [0.25, 0.3) is 11.1 Å². The van der Waals surface area contributed by atoms with Gasteiger partial charge in [-0.05, 0) is 53.5 Å². The number of hydrogen-bond acceptors (Lipinski definition) is 4. The molecule has 6 nitrogen and oxygen atoms in total. The SMILES string of the molecule is N#CC(Cc1ccc(-c2ccc3c(c2)NC(=O)C3)cc1)NC(=O)C[C@H]1CC[C@@H](N)C1. The lowest BCUT2D eigenvalue weighted by molar-refractivity contribution is -0.122. The molecule has 2 amide bonds. The number of fused-ring (bicyclic) bond motifs is 1. The monoisotopic (exact) mass is 402 g/mol. The molecule has 0 radical (unpaired) electrons. The maximum Gasteiger partial charge on any atom is 0.228 e. The fourth-order valence-electron chi connectivity index (χ4n) is 4.41. The highest BCUT2D eigenvalue weighted by atomic mass is 16.2. The second-order valence-electron chi connectivity index (χ2n) is 8.39. The predicted molar refractivity (Wildman–Crippen MR) is 115 cm³/mol. The van der Waals surface area contributed by atoms with E-state index in [1.807, 2.05) is 42.5 Å². The van der Waals surface area contributed by atoms with Crippen molar-refractivity contribution < 1.29 is 9.59 Å². The summed E-state index contributed by atoms with van der Waals surface area (Å²) in [6.45, 7) is 0. The zero-order valence-corrected chi connectivity index (χ0v) is 16.9. The molecule has 4 N–H and O–H groups in total. The van der Waals surface area contributed by atoms with Gasteiger partial charge in [-0.2, -0.15) is 5.26 Å². The van der Waals surface area contributed by atoms with E-state index in [1.54, 1.807) is 0 Å². The molecule has 2 aromatic carbocycles. The molecule has 2 aromatic rings. The molecule has 30 heavy (non-hydrogen) atoms. The molecule has 2 aliphatic rings. The van der Waals surface area contributed by atoms with Crippen molar-refractivity contribution in [3.63, 3.8) is 0 Å². The quantitative estimate of drug-likeness (QED) is 0.690. The third kappa shape index (κ3) is 4.69. The Morgan fingerprint density at radius 2 is 1.97 bits per heavy atom. The average molecular weight is 402 g/mol. The Balaban J connectivity index is 1.35. The van der Waals surface area contributed by atoms with Gasteiger partial charge in [0.1, 0.15) is 6.04 Å². The molecule has 4 rings (SSSR count). The summed E-state index contributed by atoms with van der Waals surface area (Å²) >= 11 is 0. The van der Waals surface area contributed by atoms with Gasteiger partial charge in [0.15, 0.2) is 0 Å². The van der Waals surface area contributed by atoms with Crippen LogP contribution in [0.1, 0.15) is 36.8 Å². The van der Waals surface area contributed by atoms with Crippen LogP contribution in [-0.4, -0.2) is 23.9 Å². The first-order valence-corrected chi connectivity index (χ1v) is 10.5. The average Bonchev–Trinajstić information content (AvgIpc) is 3.31. The Morgan fingerprint density at radius 3 is 2.67 bits per heavy atom. The van der Waals surface area contributed by atoms with E-state index in [9.17, 15) is 14.9 Å². The second kappa shape index (κ2) is 8.68. The van der Waals surface area contributed by atoms with Gasteiger partial charge in [-0.3, -0.25) is 9.59 Å². The van der Waals surface area contributed by atoms with Crippen LogP contribution in [0.2, 0.25) is 0 Å². The molecule has 154 valence electrons. The number of nitrogens with zero attached hydrogens (tertiary/aromatic N) is 1. The molecular formula is C24H26N4O2. The Kier molecular flexibility index (Phi) is 5.82. The van der Waals surface area contributed by atoms with Gasteiger partial charge in [-0.1, -0.05) is 36.4 Å². The molecule has 1 aliphatic carbocycles. The van der Waals surface area contributed by atoms with E-state index in [-0.39, 0.29) is 17.9 Å². The molecule has 0 spiro atoms. The topological polar surface area (TPSA) is 108 Å². The summed E-state index contributed by atoms with van der Waals surface area (Å²) in [7, 11) is 0. The van der Waals surface area contributed by atoms with E-state index in [4.69, 9.17) is 5.73 Å². The third-order valence-electron chi connectivity index (χ3n) is 6.01. The number of hydrogen-bond donors (Lipinski definition) is 3. The van der Waals surface area contributed by atoms with Gasteiger partial charge < -0.3 is 16.4 Å². The van der Waals surface area contributed by atoms with Crippen LogP contribution < -0.4 is 16.4 Å². The minimum Gasteiger partial charge on any atom is -0.340 e. The molecule has 6 heteroatoms. The molecule has 1 saturated carbocycles. The molecule has 1 unspecified atom stereocenters.